The summed E-state index contributed by atoms with van der Waals surface area (Å²) in [6, 6.07) is 6.94. The molecule has 0 heterocycles. The molecule has 1 heteroatoms. The van der Waals surface area contributed by atoms with E-state index in [0.29, 0.717) is 6.04 Å². The summed E-state index contributed by atoms with van der Waals surface area (Å²) in [4.78, 5) is 0. The minimum Gasteiger partial charge on any atom is -0.313 e. The molecule has 80 valence electrons. The van der Waals surface area contributed by atoms with Gasteiger partial charge in [0.05, 0.1) is 0 Å². The molecule has 0 amide bonds. The Morgan fingerprint density at radius 2 is 2.13 bits per heavy atom. The Bertz CT molecular complexity index is 360. The highest BCUT2D eigenvalue weighted by Crippen LogP contribution is 2.22. The Balaban J connectivity index is 2.91. The predicted molar refractivity (Wildman–Crippen MR) is 65.8 cm³/mol. The lowest BCUT2D eigenvalue weighted by Gasteiger charge is -2.18. The molecular weight excluding hydrogens is 182 g/mol. The van der Waals surface area contributed by atoms with Crippen LogP contribution in [0.15, 0.2) is 18.2 Å². The molecule has 1 aromatic carbocycles. The van der Waals surface area contributed by atoms with E-state index in [1.54, 1.807) is 0 Å². The molecule has 0 saturated heterocycles. The lowest BCUT2D eigenvalue weighted by Crippen LogP contribution is -2.17. The minimum atomic E-state index is 0.376. The van der Waals surface area contributed by atoms with Gasteiger partial charge in [0.2, 0.25) is 0 Å². The maximum Gasteiger partial charge on any atom is 0.0329 e. The fraction of sp³-hybridized carbons (Fsp3) is 0.429. The van der Waals surface area contributed by atoms with Gasteiger partial charge in [0.1, 0.15) is 0 Å². The lowest BCUT2D eigenvalue weighted by atomic mass is 9.96. The highest BCUT2D eigenvalue weighted by molar-refractivity contribution is 5.33. The van der Waals surface area contributed by atoms with Crippen molar-refractivity contribution in [2.45, 2.75) is 32.7 Å². The predicted octanol–water partition coefficient (Wildman–Crippen LogP) is 2.98. The summed E-state index contributed by atoms with van der Waals surface area (Å²) in [6.07, 6.45) is 7.12. The fourth-order valence-corrected chi connectivity index (χ4v) is 1.82. The van der Waals surface area contributed by atoms with Crippen molar-refractivity contribution >= 4 is 0 Å². The lowest BCUT2D eigenvalue weighted by molar-refractivity contribution is 0.555. The number of hydrogen-bond acceptors (Lipinski definition) is 1. The molecule has 0 bridgehead atoms. The number of hydrogen-bond donors (Lipinski definition) is 1. The van der Waals surface area contributed by atoms with Crippen molar-refractivity contribution in [2.75, 3.05) is 7.05 Å². The summed E-state index contributed by atoms with van der Waals surface area (Å²) in [6.45, 7) is 4.27. The van der Waals surface area contributed by atoms with Crippen LogP contribution in [0.5, 0.6) is 0 Å². The van der Waals surface area contributed by atoms with E-state index in [2.05, 4.69) is 43.3 Å². The highest BCUT2D eigenvalue weighted by Gasteiger charge is 2.10. The molecule has 1 aromatic rings. The molecule has 0 saturated carbocycles. The molecule has 0 aromatic heterocycles. The normalized spacial score (nSPS) is 12.1. The van der Waals surface area contributed by atoms with E-state index in [-0.39, 0.29) is 0 Å². The Hall–Kier alpha value is -1.26. The second-order valence-corrected chi connectivity index (χ2v) is 3.94. The zero-order valence-electron chi connectivity index (χ0n) is 9.80. The SMILES string of the molecule is C#CCCC(NC)c1cc(C)ccc1C. The quantitative estimate of drug-likeness (QED) is 0.738. The Morgan fingerprint density at radius 1 is 1.40 bits per heavy atom. The summed E-state index contributed by atoms with van der Waals surface area (Å²) in [5.41, 5.74) is 4.00. The van der Waals surface area contributed by atoms with Gasteiger partial charge in [-0.25, -0.2) is 0 Å². The summed E-state index contributed by atoms with van der Waals surface area (Å²) in [5.74, 6) is 2.70. The maximum absolute atomic E-state index is 5.30. The number of terminal acetylenes is 1. The van der Waals surface area contributed by atoms with Crippen molar-refractivity contribution in [1.82, 2.24) is 5.32 Å². The van der Waals surface area contributed by atoms with Crippen molar-refractivity contribution in [3.63, 3.8) is 0 Å². The van der Waals surface area contributed by atoms with Crippen molar-refractivity contribution in [3.8, 4) is 12.3 Å². The second kappa shape index (κ2) is 5.58. The number of nitrogens with one attached hydrogen (secondary N) is 1. The molecule has 0 aliphatic heterocycles. The second-order valence-electron chi connectivity index (χ2n) is 3.94. The molecule has 0 aliphatic rings. The largest absolute Gasteiger partial charge is 0.313 e. The van der Waals surface area contributed by atoms with E-state index in [4.69, 9.17) is 6.42 Å². The van der Waals surface area contributed by atoms with Gasteiger partial charge in [0, 0.05) is 12.5 Å². The average Bonchev–Trinajstić information content (AvgIpc) is 2.24. The van der Waals surface area contributed by atoms with Crippen molar-refractivity contribution in [2.24, 2.45) is 0 Å². The van der Waals surface area contributed by atoms with Gasteiger partial charge in [0.25, 0.3) is 0 Å². The summed E-state index contributed by atoms with van der Waals surface area (Å²) in [7, 11) is 1.99. The van der Waals surface area contributed by atoms with Crippen LogP contribution in [-0.2, 0) is 0 Å². The highest BCUT2D eigenvalue weighted by atomic mass is 14.9. The number of aryl methyl sites for hydroxylation is 2. The zero-order valence-corrected chi connectivity index (χ0v) is 9.80. The summed E-state index contributed by atoms with van der Waals surface area (Å²) in [5, 5.41) is 3.33. The van der Waals surface area contributed by atoms with Crippen LogP contribution in [0.25, 0.3) is 0 Å². The van der Waals surface area contributed by atoms with Gasteiger partial charge in [-0.05, 0) is 38.4 Å². The van der Waals surface area contributed by atoms with Gasteiger partial charge in [-0.2, -0.15) is 0 Å². The third kappa shape index (κ3) is 3.11. The molecule has 0 spiro atoms. The molecule has 0 radical (unpaired) electrons. The van der Waals surface area contributed by atoms with Crippen LogP contribution in [0.4, 0.5) is 0 Å². The van der Waals surface area contributed by atoms with Gasteiger partial charge >= 0.3 is 0 Å². The average molecular weight is 201 g/mol. The first kappa shape index (κ1) is 11.8. The molecule has 1 nitrogen and oxygen atoms in total. The van der Waals surface area contributed by atoms with Crippen LogP contribution in [0.3, 0.4) is 0 Å². The summed E-state index contributed by atoms with van der Waals surface area (Å²) < 4.78 is 0. The van der Waals surface area contributed by atoms with Gasteiger partial charge in [0.15, 0.2) is 0 Å². The first-order chi connectivity index (χ1) is 7.19. The van der Waals surface area contributed by atoms with Crippen molar-refractivity contribution in [3.05, 3.63) is 34.9 Å². The van der Waals surface area contributed by atoms with Crippen LogP contribution in [0, 0.1) is 26.2 Å². The molecule has 1 unspecified atom stereocenters. The monoisotopic (exact) mass is 201 g/mol. The third-order valence-corrected chi connectivity index (χ3v) is 2.74. The first-order valence-corrected chi connectivity index (χ1v) is 5.37. The van der Waals surface area contributed by atoms with Crippen LogP contribution >= 0.6 is 0 Å². The smallest absolute Gasteiger partial charge is 0.0329 e. The standard InChI is InChI=1S/C14H19N/c1-5-6-7-14(15-4)13-10-11(2)8-9-12(13)3/h1,8-10,14-15H,6-7H2,2-4H3. The molecule has 0 aliphatic carbocycles. The van der Waals surface area contributed by atoms with Crippen LogP contribution in [0.1, 0.15) is 35.6 Å². The van der Waals surface area contributed by atoms with Crippen molar-refractivity contribution < 1.29 is 0 Å². The molecule has 1 N–H and O–H groups in total. The van der Waals surface area contributed by atoms with Gasteiger partial charge < -0.3 is 5.32 Å². The minimum absolute atomic E-state index is 0.376. The van der Waals surface area contributed by atoms with E-state index in [1.165, 1.54) is 16.7 Å². The van der Waals surface area contributed by atoms with Crippen molar-refractivity contribution in [1.29, 1.82) is 0 Å². The topological polar surface area (TPSA) is 12.0 Å². The van der Waals surface area contributed by atoms with Gasteiger partial charge in [-0.15, -0.1) is 12.3 Å². The van der Waals surface area contributed by atoms with E-state index >= 15 is 0 Å². The van der Waals surface area contributed by atoms with E-state index in [9.17, 15) is 0 Å². The Morgan fingerprint density at radius 3 is 2.73 bits per heavy atom. The van der Waals surface area contributed by atoms with Crippen LogP contribution in [0.2, 0.25) is 0 Å². The number of rotatable bonds is 4. The molecule has 15 heavy (non-hydrogen) atoms. The first-order valence-electron chi connectivity index (χ1n) is 5.37. The summed E-state index contributed by atoms with van der Waals surface area (Å²) >= 11 is 0. The van der Waals surface area contributed by atoms with E-state index in [1.807, 2.05) is 7.05 Å². The third-order valence-electron chi connectivity index (χ3n) is 2.74. The van der Waals surface area contributed by atoms with Gasteiger partial charge in [-0.1, -0.05) is 23.8 Å². The van der Waals surface area contributed by atoms with E-state index < -0.39 is 0 Å². The fourth-order valence-electron chi connectivity index (χ4n) is 1.82. The van der Waals surface area contributed by atoms with Gasteiger partial charge in [-0.3, -0.25) is 0 Å². The van der Waals surface area contributed by atoms with E-state index in [0.717, 1.165) is 12.8 Å². The molecule has 0 fully saturated rings. The maximum atomic E-state index is 5.30. The Kier molecular flexibility index (Phi) is 4.39. The van der Waals surface area contributed by atoms with Crippen LogP contribution < -0.4 is 5.32 Å². The molecule has 1 atom stereocenters. The Labute approximate surface area is 92.9 Å². The zero-order chi connectivity index (χ0) is 11.3. The van der Waals surface area contributed by atoms with Crippen LogP contribution in [-0.4, -0.2) is 7.05 Å². The molecule has 1 rings (SSSR count). The number of benzene rings is 1. The molecular formula is C14H19N.